The average Bonchev–Trinajstić information content (AvgIpc) is 2.75. The van der Waals surface area contributed by atoms with Gasteiger partial charge in [0.15, 0.2) is 0 Å². The second-order valence-corrected chi connectivity index (χ2v) is 8.74. The summed E-state index contributed by atoms with van der Waals surface area (Å²) in [5.74, 6) is -1.09. The maximum atomic E-state index is 13.5. The van der Waals surface area contributed by atoms with Crippen molar-refractivity contribution in [2.24, 2.45) is 5.92 Å². The second kappa shape index (κ2) is 9.74. The fourth-order valence-electron chi connectivity index (χ4n) is 3.49. The van der Waals surface area contributed by atoms with E-state index in [-0.39, 0.29) is 47.9 Å². The molecule has 0 aliphatic carbocycles. The molecule has 0 bridgehead atoms. The number of likely N-dealkylation sites (N-methyl/N-ethyl adjacent to an activating group) is 1. The molecule has 3 rings (SSSR count). The Balaban J connectivity index is 1.90. The van der Waals surface area contributed by atoms with E-state index in [0.717, 1.165) is 0 Å². The standard InChI is InChI=1S/C22H25BrFN3O4/c1-13-10-27(14(2)12-28)22(30)18-8-16(23)9-25-20(18)31-19(13)11-26(3)21(29)15-5-4-6-17(24)7-15/h4-9,13-14,19,28H,10-12H2,1-3H3/t13-,14-,19-/m1/s1. The predicted octanol–water partition coefficient (Wildman–Crippen LogP) is 2.98. The number of aromatic nitrogens is 1. The topological polar surface area (TPSA) is 83.0 Å². The van der Waals surface area contributed by atoms with E-state index < -0.39 is 18.0 Å². The average molecular weight is 494 g/mol. The first-order chi connectivity index (χ1) is 14.7. The van der Waals surface area contributed by atoms with Crippen molar-refractivity contribution in [1.29, 1.82) is 0 Å². The molecule has 2 heterocycles. The Morgan fingerprint density at radius 2 is 2.19 bits per heavy atom. The van der Waals surface area contributed by atoms with Crippen molar-refractivity contribution in [2.45, 2.75) is 26.0 Å². The Hall–Kier alpha value is -2.52. The molecule has 0 unspecified atom stereocenters. The molecule has 9 heteroatoms. The van der Waals surface area contributed by atoms with Gasteiger partial charge in [0.2, 0.25) is 5.88 Å². The highest BCUT2D eigenvalue weighted by atomic mass is 79.9. The number of nitrogens with zero attached hydrogens (tertiary/aromatic N) is 3. The number of carbonyl (C=O) groups is 2. The molecule has 0 radical (unpaired) electrons. The maximum Gasteiger partial charge on any atom is 0.259 e. The van der Waals surface area contributed by atoms with Gasteiger partial charge < -0.3 is 19.6 Å². The summed E-state index contributed by atoms with van der Waals surface area (Å²) in [6, 6.07) is 6.76. The monoisotopic (exact) mass is 493 g/mol. The van der Waals surface area contributed by atoms with Crippen LogP contribution in [-0.2, 0) is 0 Å². The molecule has 0 saturated heterocycles. The van der Waals surface area contributed by atoms with E-state index in [1.54, 1.807) is 31.0 Å². The lowest BCUT2D eigenvalue weighted by molar-refractivity contribution is 0.0313. The van der Waals surface area contributed by atoms with E-state index in [4.69, 9.17) is 4.74 Å². The normalized spacial score (nSPS) is 19.7. The lowest BCUT2D eigenvalue weighted by Gasteiger charge is -2.37. The van der Waals surface area contributed by atoms with E-state index >= 15 is 0 Å². The van der Waals surface area contributed by atoms with Crippen LogP contribution in [0.4, 0.5) is 4.39 Å². The summed E-state index contributed by atoms with van der Waals surface area (Å²) >= 11 is 3.33. The summed E-state index contributed by atoms with van der Waals surface area (Å²) in [6.07, 6.45) is 1.06. The largest absolute Gasteiger partial charge is 0.472 e. The molecule has 1 N–H and O–H groups in total. The number of rotatable bonds is 5. The van der Waals surface area contributed by atoms with Gasteiger partial charge in [-0.05, 0) is 47.1 Å². The number of aliphatic hydroxyl groups excluding tert-OH is 1. The number of benzene rings is 1. The molecule has 0 fully saturated rings. The third kappa shape index (κ3) is 5.22. The smallest absolute Gasteiger partial charge is 0.259 e. The lowest BCUT2D eigenvalue weighted by atomic mass is 10.00. The van der Waals surface area contributed by atoms with Gasteiger partial charge in [-0.2, -0.15) is 0 Å². The van der Waals surface area contributed by atoms with Gasteiger partial charge in [0, 0.05) is 35.7 Å². The highest BCUT2D eigenvalue weighted by Crippen LogP contribution is 2.28. The van der Waals surface area contributed by atoms with Gasteiger partial charge in [-0.1, -0.05) is 13.0 Å². The molecular formula is C22H25BrFN3O4. The summed E-state index contributed by atoms with van der Waals surface area (Å²) in [4.78, 5) is 33.2. The van der Waals surface area contributed by atoms with Crippen molar-refractivity contribution in [1.82, 2.24) is 14.8 Å². The third-order valence-corrected chi connectivity index (χ3v) is 5.79. The Kier molecular flexibility index (Phi) is 7.27. The zero-order chi connectivity index (χ0) is 22.7. The van der Waals surface area contributed by atoms with Gasteiger partial charge >= 0.3 is 0 Å². The predicted molar refractivity (Wildman–Crippen MR) is 116 cm³/mol. The number of fused-ring (bicyclic) bond motifs is 1. The van der Waals surface area contributed by atoms with Gasteiger partial charge in [0.1, 0.15) is 17.5 Å². The minimum atomic E-state index is -0.481. The molecule has 1 aliphatic heterocycles. The summed E-state index contributed by atoms with van der Waals surface area (Å²) < 4.78 is 20.3. The zero-order valence-corrected chi connectivity index (χ0v) is 19.2. The Labute approximate surface area is 189 Å². The number of ether oxygens (including phenoxy) is 1. The fraction of sp³-hybridized carbons (Fsp3) is 0.409. The zero-order valence-electron chi connectivity index (χ0n) is 17.6. The molecule has 3 atom stereocenters. The van der Waals surface area contributed by atoms with E-state index in [0.29, 0.717) is 11.0 Å². The SMILES string of the molecule is C[C@@H]1CN([C@H](C)CO)C(=O)c2cc(Br)cnc2O[C@@H]1CN(C)C(=O)c1cccc(F)c1. The first kappa shape index (κ1) is 23.1. The molecular weight excluding hydrogens is 469 g/mol. The summed E-state index contributed by atoms with van der Waals surface area (Å²) in [5.41, 5.74) is 0.528. The van der Waals surface area contributed by atoms with Crippen LogP contribution in [0.3, 0.4) is 0 Å². The number of aliphatic hydroxyl groups is 1. The minimum absolute atomic E-state index is 0.167. The van der Waals surface area contributed by atoms with Crippen molar-refractivity contribution >= 4 is 27.7 Å². The highest BCUT2D eigenvalue weighted by molar-refractivity contribution is 9.10. The summed E-state index contributed by atoms with van der Waals surface area (Å²) in [5, 5.41) is 9.65. The first-order valence-electron chi connectivity index (χ1n) is 9.96. The number of hydrogen-bond acceptors (Lipinski definition) is 5. The number of hydrogen-bond donors (Lipinski definition) is 1. The molecule has 0 spiro atoms. The fourth-order valence-corrected chi connectivity index (χ4v) is 3.82. The quantitative estimate of drug-likeness (QED) is 0.692. The van der Waals surface area contributed by atoms with Crippen molar-refractivity contribution in [3.63, 3.8) is 0 Å². The number of amides is 2. The second-order valence-electron chi connectivity index (χ2n) is 7.82. The molecule has 1 aromatic heterocycles. The van der Waals surface area contributed by atoms with Crippen LogP contribution >= 0.6 is 15.9 Å². The van der Waals surface area contributed by atoms with E-state index in [1.807, 2.05) is 6.92 Å². The van der Waals surface area contributed by atoms with Crippen LogP contribution < -0.4 is 4.74 Å². The van der Waals surface area contributed by atoms with E-state index in [9.17, 15) is 19.1 Å². The third-order valence-electron chi connectivity index (χ3n) is 5.36. The number of halogens is 2. The van der Waals surface area contributed by atoms with E-state index in [1.165, 1.54) is 29.3 Å². The van der Waals surface area contributed by atoms with Crippen LogP contribution in [0.5, 0.6) is 5.88 Å². The lowest BCUT2D eigenvalue weighted by Crippen LogP contribution is -2.50. The van der Waals surface area contributed by atoms with Crippen LogP contribution in [0.1, 0.15) is 34.6 Å². The molecule has 166 valence electrons. The Morgan fingerprint density at radius 1 is 1.45 bits per heavy atom. The van der Waals surface area contributed by atoms with E-state index in [2.05, 4.69) is 20.9 Å². The van der Waals surface area contributed by atoms with Gasteiger partial charge in [-0.15, -0.1) is 0 Å². The van der Waals surface area contributed by atoms with Crippen LogP contribution in [-0.4, -0.2) is 70.6 Å². The first-order valence-corrected chi connectivity index (χ1v) is 10.8. The molecule has 2 aromatic rings. The minimum Gasteiger partial charge on any atom is -0.472 e. The molecule has 7 nitrogen and oxygen atoms in total. The Morgan fingerprint density at radius 3 is 2.87 bits per heavy atom. The van der Waals surface area contributed by atoms with Gasteiger partial charge in [0.05, 0.1) is 19.2 Å². The molecule has 0 saturated carbocycles. The molecule has 2 amide bonds. The van der Waals surface area contributed by atoms with Crippen molar-refractivity contribution < 1.29 is 23.8 Å². The summed E-state index contributed by atoms with van der Waals surface area (Å²) in [6.45, 7) is 4.05. The summed E-state index contributed by atoms with van der Waals surface area (Å²) in [7, 11) is 1.62. The van der Waals surface area contributed by atoms with Crippen LogP contribution in [0.25, 0.3) is 0 Å². The van der Waals surface area contributed by atoms with Crippen LogP contribution in [0.15, 0.2) is 41.0 Å². The molecule has 31 heavy (non-hydrogen) atoms. The van der Waals surface area contributed by atoms with Crippen LogP contribution in [0.2, 0.25) is 0 Å². The number of pyridine rings is 1. The van der Waals surface area contributed by atoms with Gasteiger partial charge in [-0.25, -0.2) is 9.37 Å². The molecule has 1 aliphatic rings. The molecule has 1 aromatic carbocycles. The van der Waals surface area contributed by atoms with Crippen molar-refractivity contribution in [3.05, 3.63) is 57.9 Å². The van der Waals surface area contributed by atoms with Gasteiger partial charge in [0.25, 0.3) is 11.8 Å². The van der Waals surface area contributed by atoms with Crippen molar-refractivity contribution in [3.8, 4) is 5.88 Å². The number of carbonyl (C=O) groups excluding carboxylic acids is 2. The maximum absolute atomic E-state index is 13.5. The van der Waals surface area contributed by atoms with Crippen LogP contribution in [0, 0.1) is 11.7 Å². The Bertz CT molecular complexity index is 974. The van der Waals surface area contributed by atoms with Crippen molar-refractivity contribution in [2.75, 3.05) is 26.7 Å². The highest BCUT2D eigenvalue weighted by Gasteiger charge is 2.34. The van der Waals surface area contributed by atoms with Gasteiger partial charge in [-0.3, -0.25) is 9.59 Å².